The molecule has 0 aliphatic rings. The van der Waals surface area contributed by atoms with Crippen molar-refractivity contribution in [3.05, 3.63) is 121 Å². The monoisotopic (exact) mass is 465 g/mol. The predicted molar refractivity (Wildman–Crippen MR) is 154 cm³/mol. The van der Waals surface area contributed by atoms with Crippen LogP contribution in [0.4, 0.5) is 22.7 Å². The van der Waals surface area contributed by atoms with E-state index in [0.717, 1.165) is 0 Å². The van der Waals surface area contributed by atoms with Gasteiger partial charge < -0.3 is 4.90 Å². The highest BCUT2D eigenvalue weighted by Crippen LogP contribution is 2.50. The van der Waals surface area contributed by atoms with Gasteiger partial charge in [-0.3, -0.25) is 0 Å². The van der Waals surface area contributed by atoms with Gasteiger partial charge in [-0.15, -0.1) is 0 Å². The maximum Gasteiger partial charge on any atom is 0.148 e. The smallest absolute Gasteiger partial charge is 0.148 e. The summed E-state index contributed by atoms with van der Waals surface area (Å²) in [7, 11) is 0. The van der Waals surface area contributed by atoms with Gasteiger partial charge in [0.05, 0.1) is 0 Å². The molecular weight excluding hydrogens is 424 g/mol. The van der Waals surface area contributed by atoms with E-state index in [1.165, 1.54) is 61.6 Å². The summed E-state index contributed by atoms with van der Waals surface area (Å²) in [5.41, 5.74) is 4.86. The van der Waals surface area contributed by atoms with E-state index in [4.69, 9.17) is 0 Å². The Morgan fingerprint density at radius 2 is 0.629 bits per heavy atom. The molecule has 0 aliphatic carbocycles. The van der Waals surface area contributed by atoms with Gasteiger partial charge in [-0.25, -0.2) is 0 Å². The summed E-state index contributed by atoms with van der Waals surface area (Å²) in [6.07, 6.45) is 3.88. The third kappa shape index (κ3) is 6.69. The van der Waals surface area contributed by atoms with Crippen molar-refractivity contribution >= 4 is 22.7 Å². The first-order valence-electron chi connectivity index (χ1n) is 13.1. The van der Waals surface area contributed by atoms with Crippen molar-refractivity contribution in [1.29, 1.82) is 0 Å². The van der Waals surface area contributed by atoms with Gasteiger partial charge in [0.25, 0.3) is 0 Å². The lowest BCUT2D eigenvalue weighted by atomic mass is 10.1. The highest BCUT2D eigenvalue weighted by atomic mass is 15.4. The van der Waals surface area contributed by atoms with Crippen LogP contribution < -0.4 is 4.48 Å². The molecule has 2 nitrogen and oxygen atoms in total. The molecule has 35 heavy (non-hydrogen) atoms. The van der Waals surface area contributed by atoms with Crippen LogP contribution in [0.1, 0.15) is 40.0 Å². The Labute approximate surface area is 213 Å². The zero-order valence-electron chi connectivity index (χ0n) is 21.7. The maximum atomic E-state index is 2.54. The first kappa shape index (κ1) is 26.4. The molecule has 4 rings (SSSR count). The fourth-order valence-electron chi connectivity index (χ4n) is 4.78. The summed E-state index contributed by atoms with van der Waals surface area (Å²) in [4.78, 5) is 2.54. The summed E-state index contributed by atoms with van der Waals surface area (Å²) in [6.45, 7) is 10.6. The van der Waals surface area contributed by atoms with Crippen LogP contribution in [0, 0.1) is 0 Å². The summed E-state index contributed by atoms with van der Waals surface area (Å²) in [6, 6.07) is 42.8. The molecule has 0 aromatic heterocycles. The standard InChI is InChI=1S/C24H20N.C9H21N/c1-5-13-21(14-6-1)25(22-15-7-2-8-16-22,23-17-9-3-10-18-23)24-19-11-4-12-20-24;1-4-7-10(8-5-2)9-6-3/h1-20H;4-9H2,1-3H3/q+1;. The van der Waals surface area contributed by atoms with Crippen LogP contribution in [0.2, 0.25) is 0 Å². The van der Waals surface area contributed by atoms with E-state index in [9.17, 15) is 0 Å². The SMILES string of the molecule is CCCN(CCC)CCC.c1ccc([N+](c2ccccc2)(c2ccccc2)c2ccccc2)cc1. The molecule has 2 heteroatoms. The Bertz CT molecular complexity index is 885. The van der Waals surface area contributed by atoms with Crippen LogP contribution in [0.3, 0.4) is 0 Å². The van der Waals surface area contributed by atoms with Crippen molar-refractivity contribution in [2.45, 2.75) is 40.0 Å². The first-order chi connectivity index (χ1) is 17.3. The number of quaternary nitrogens is 1. The molecule has 182 valence electrons. The van der Waals surface area contributed by atoms with Crippen LogP contribution in [-0.4, -0.2) is 24.5 Å². The van der Waals surface area contributed by atoms with Crippen molar-refractivity contribution in [3.63, 3.8) is 0 Å². The third-order valence-electron chi connectivity index (χ3n) is 6.19. The number of rotatable bonds is 10. The molecule has 4 aromatic carbocycles. The normalized spacial score (nSPS) is 11.1. The molecular formula is C33H41N2+. The van der Waals surface area contributed by atoms with Gasteiger partial charge in [-0.05, 0) is 38.9 Å². The molecule has 0 spiro atoms. The average molecular weight is 466 g/mol. The largest absolute Gasteiger partial charge is 0.303 e. The van der Waals surface area contributed by atoms with Crippen molar-refractivity contribution < 1.29 is 0 Å². The second-order valence-corrected chi connectivity index (χ2v) is 8.85. The second-order valence-electron chi connectivity index (χ2n) is 8.85. The average Bonchev–Trinajstić information content (AvgIpc) is 2.93. The quantitative estimate of drug-likeness (QED) is 0.211. The number of hydrogen-bond donors (Lipinski definition) is 0. The van der Waals surface area contributed by atoms with Crippen molar-refractivity contribution in [1.82, 2.24) is 9.38 Å². The molecule has 0 unspecified atom stereocenters. The lowest BCUT2D eigenvalue weighted by molar-refractivity contribution is 0.275. The van der Waals surface area contributed by atoms with Gasteiger partial charge in [0.2, 0.25) is 0 Å². The van der Waals surface area contributed by atoms with E-state index >= 15 is 0 Å². The molecule has 0 saturated heterocycles. The number of para-hydroxylation sites is 4. The minimum absolute atomic E-state index is 0.559. The van der Waals surface area contributed by atoms with Crippen LogP contribution in [0.25, 0.3) is 0 Å². The summed E-state index contributed by atoms with van der Waals surface area (Å²) >= 11 is 0. The van der Waals surface area contributed by atoms with Crippen LogP contribution in [-0.2, 0) is 0 Å². The Hall–Kier alpha value is -3.20. The Balaban J connectivity index is 0.000000292. The molecule has 0 aliphatic heterocycles. The number of hydrogen-bond acceptors (Lipinski definition) is 1. The maximum absolute atomic E-state index is 2.54. The molecule has 4 aromatic rings. The van der Waals surface area contributed by atoms with E-state index in [-0.39, 0.29) is 0 Å². The fourth-order valence-corrected chi connectivity index (χ4v) is 4.78. The highest BCUT2D eigenvalue weighted by molar-refractivity contribution is 5.81. The Morgan fingerprint density at radius 3 is 0.829 bits per heavy atom. The van der Waals surface area contributed by atoms with E-state index in [1.807, 2.05) is 0 Å². The molecule has 0 heterocycles. The predicted octanol–water partition coefficient (Wildman–Crippen LogP) is 9.51. The van der Waals surface area contributed by atoms with Crippen molar-refractivity contribution in [3.8, 4) is 0 Å². The van der Waals surface area contributed by atoms with Gasteiger partial charge >= 0.3 is 0 Å². The Morgan fingerprint density at radius 1 is 0.400 bits per heavy atom. The lowest BCUT2D eigenvalue weighted by Gasteiger charge is -2.37. The van der Waals surface area contributed by atoms with Gasteiger partial charge in [-0.2, -0.15) is 4.48 Å². The van der Waals surface area contributed by atoms with Crippen molar-refractivity contribution in [2.75, 3.05) is 19.6 Å². The summed E-state index contributed by atoms with van der Waals surface area (Å²) in [5.74, 6) is 0. The molecule has 0 N–H and O–H groups in total. The highest BCUT2D eigenvalue weighted by Gasteiger charge is 2.38. The van der Waals surface area contributed by atoms with E-state index < -0.39 is 0 Å². The molecule has 0 bridgehead atoms. The van der Waals surface area contributed by atoms with E-state index in [0.29, 0.717) is 4.48 Å². The fraction of sp³-hybridized carbons (Fsp3) is 0.273. The third-order valence-corrected chi connectivity index (χ3v) is 6.19. The van der Waals surface area contributed by atoms with Gasteiger partial charge in [0.1, 0.15) is 22.7 Å². The second kappa shape index (κ2) is 14.3. The number of nitrogens with zero attached hydrogens (tertiary/aromatic N) is 2. The van der Waals surface area contributed by atoms with Crippen molar-refractivity contribution in [2.24, 2.45) is 0 Å². The van der Waals surface area contributed by atoms with E-state index in [2.05, 4.69) is 147 Å². The van der Waals surface area contributed by atoms with Gasteiger partial charge in [-0.1, -0.05) is 93.6 Å². The van der Waals surface area contributed by atoms with Crippen LogP contribution in [0.5, 0.6) is 0 Å². The molecule has 0 radical (unpaired) electrons. The zero-order chi connectivity index (χ0) is 24.8. The molecule has 0 atom stereocenters. The van der Waals surface area contributed by atoms with Gasteiger partial charge in [0, 0.05) is 48.5 Å². The first-order valence-corrected chi connectivity index (χ1v) is 13.1. The molecule has 0 fully saturated rings. The van der Waals surface area contributed by atoms with Gasteiger partial charge in [0.15, 0.2) is 0 Å². The van der Waals surface area contributed by atoms with Crippen LogP contribution in [0.15, 0.2) is 121 Å². The summed E-state index contributed by atoms with van der Waals surface area (Å²) in [5, 5.41) is 0. The Kier molecular flexibility index (Phi) is 10.8. The molecule has 0 saturated carbocycles. The minimum Gasteiger partial charge on any atom is -0.303 e. The summed E-state index contributed by atoms with van der Waals surface area (Å²) < 4.78 is 0.559. The van der Waals surface area contributed by atoms with E-state index in [1.54, 1.807) is 0 Å². The minimum atomic E-state index is 0.559. The zero-order valence-corrected chi connectivity index (χ0v) is 21.7. The number of benzene rings is 4. The topological polar surface area (TPSA) is 3.24 Å². The van der Waals surface area contributed by atoms with Crippen LogP contribution >= 0.6 is 0 Å². The lowest BCUT2D eigenvalue weighted by Crippen LogP contribution is -2.33. The molecule has 0 amide bonds.